The Bertz CT molecular complexity index is 351. The zero-order valence-electron chi connectivity index (χ0n) is 10.3. The highest BCUT2D eigenvalue weighted by molar-refractivity contribution is 9.09. The van der Waals surface area contributed by atoms with E-state index in [1.807, 2.05) is 43.0 Å². The van der Waals surface area contributed by atoms with Crippen molar-refractivity contribution in [3.05, 3.63) is 29.8 Å². The van der Waals surface area contributed by atoms with Gasteiger partial charge in [0.1, 0.15) is 5.75 Å². The summed E-state index contributed by atoms with van der Waals surface area (Å²) in [7, 11) is 0. The fourth-order valence-corrected chi connectivity index (χ4v) is 1.98. The van der Waals surface area contributed by atoms with Gasteiger partial charge in [0, 0.05) is 24.0 Å². The number of hydrogen-bond donors (Lipinski definition) is 0. The quantitative estimate of drug-likeness (QED) is 0.756. The van der Waals surface area contributed by atoms with Crippen LogP contribution in [0, 0.1) is 0 Å². The van der Waals surface area contributed by atoms with E-state index >= 15 is 0 Å². The van der Waals surface area contributed by atoms with E-state index in [0.29, 0.717) is 12.2 Å². The molecule has 1 aromatic rings. The molecule has 1 amide bonds. The predicted molar refractivity (Wildman–Crippen MR) is 73.0 cm³/mol. The van der Waals surface area contributed by atoms with Gasteiger partial charge < -0.3 is 9.64 Å². The fourth-order valence-electron chi connectivity index (χ4n) is 1.55. The minimum absolute atomic E-state index is 0.0648. The lowest BCUT2D eigenvalue weighted by Crippen LogP contribution is -2.32. The number of carbonyl (C=O) groups excluding carboxylic acids is 1. The lowest BCUT2D eigenvalue weighted by Gasteiger charge is -2.19. The monoisotopic (exact) mass is 299 g/mol. The molecular formula is C13H18BrNO2. The van der Waals surface area contributed by atoms with Crippen molar-refractivity contribution in [3.8, 4) is 5.75 Å². The van der Waals surface area contributed by atoms with Gasteiger partial charge in [0.05, 0.1) is 6.61 Å². The van der Waals surface area contributed by atoms with Gasteiger partial charge in [-0.2, -0.15) is 0 Å². The number of halogens is 1. The van der Waals surface area contributed by atoms with E-state index in [9.17, 15) is 4.79 Å². The zero-order chi connectivity index (χ0) is 12.7. The van der Waals surface area contributed by atoms with Crippen LogP contribution in [0.4, 0.5) is 0 Å². The van der Waals surface area contributed by atoms with E-state index in [0.717, 1.165) is 24.2 Å². The van der Waals surface area contributed by atoms with Gasteiger partial charge in [-0.25, -0.2) is 0 Å². The first-order chi connectivity index (χ1) is 8.22. The van der Waals surface area contributed by atoms with Crippen molar-refractivity contribution in [2.24, 2.45) is 0 Å². The number of ether oxygens (including phenoxy) is 1. The van der Waals surface area contributed by atoms with E-state index in [2.05, 4.69) is 15.9 Å². The standard InChI is InChI=1S/C13H18BrNO2/c1-3-15(10-9-14)13(16)11-5-7-12(8-6-11)17-4-2/h5-8H,3-4,9-10H2,1-2H3. The third-order valence-corrected chi connectivity index (χ3v) is 2.79. The first-order valence-corrected chi connectivity index (χ1v) is 6.93. The molecule has 0 aliphatic carbocycles. The molecule has 0 radical (unpaired) electrons. The van der Waals surface area contributed by atoms with Crippen LogP contribution in [-0.2, 0) is 0 Å². The molecule has 0 N–H and O–H groups in total. The Morgan fingerprint density at radius 1 is 1.29 bits per heavy atom. The molecule has 0 fully saturated rings. The largest absolute Gasteiger partial charge is 0.494 e. The molecule has 0 aliphatic heterocycles. The Morgan fingerprint density at radius 2 is 1.94 bits per heavy atom. The van der Waals surface area contributed by atoms with Crippen LogP contribution in [-0.4, -0.2) is 35.8 Å². The van der Waals surface area contributed by atoms with E-state index in [1.165, 1.54) is 0 Å². The SMILES string of the molecule is CCOc1ccc(C(=O)N(CC)CCBr)cc1. The molecule has 17 heavy (non-hydrogen) atoms. The van der Waals surface area contributed by atoms with Crippen LogP contribution >= 0.6 is 15.9 Å². The van der Waals surface area contributed by atoms with E-state index < -0.39 is 0 Å². The molecule has 0 spiro atoms. The number of carbonyl (C=O) groups is 1. The molecule has 0 saturated heterocycles. The highest BCUT2D eigenvalue weighted by atomic mass is 79.9. The summed E-state index contributed by atoms with van der Waals surface area (Å²) in [4.78, 5) is 13.9. The molecule has 0 aromatic heterocycles. The van der Waals surface area contributed by atoms with Crippen molar-refractivity contribution in [1.29, 1.82) is 0 Å². The zero-order valence-corrected chi connectivity index (χ0v) is 11.9. The van der Waals surface area contributed by atoms with Gasteiger partial charge in [0.15, 0.2) is 0 Å². The molecule has 0 aliphatic rings. The number of alkyl halides is 1. The third-order valence-electron chi connectivity index (χ3n) is 2.44. The first-order valence-electron chi connectivity index (χ1n) is 5.81. The molecule has 3 nitrogen and oxygen atoms in total. The third kappa shape index (κ3) is 4.04. The van der Waals surface area contributed by atoms with Crippen LogP contribution in [0.1, 0.15) is 24.2 Å². The number of nitrogens with zero attached hydrogens (tertiary/aromatic N) is 1. The van der Waals surface area contributed by atoms with E-state index in [1.54, 1.807) is 0 Å². The Hall–Kier alpha value is -1.03. The summed E-state index contributed by atoms with van der Waals surface area (Å²) >= 11 is 3.35. The average Bonchev–Trinajstić information content (AvgIpc) is 2.36. The van der Waals surface area contributed by atoms with Crippen molar-refractivity contribution in [3.63, 3.8) is 0 Å². The van der Waals surface area contributed by atoms with Gasteiger partial charge in [-0.15, -0.1) is 0 Å². The topological polar surface area (TPSA) is 29.5 Å². The van der Waals surface area contributed by atoms with Crippen molar-refractivity contribution in [2.45, 2.75) is 13.8 Å². The molecule has 1 aromatic carbocycles. The van der Waals surface area contributed by atoms with Gasteiger partial charge in [0.2, 0.25) is 0 Å². The summed E-state index contributed by atoms with van der Waals surface area (Å²) < 4.78 is 5.34. The maximum Gasteiger partial charge on any atom is 0.253 e. The minimum atomic E-state index is 0.0648. The second-order valence-corrected chi connectivity index (χ2v) is 4.32. The van der Waals surface area contributed by atoms with Crippen LogP contribution in [0.2, 0.25) is 0 Å². The second kappa shape index (κ2) is 7.33. The number of benzene rings is 1. The second-order valence-electron chi connectivity index (χ2n) is 3.53. The summed E-state index contributed by atoms with van der Waals surface area (Å²) in [6, 6.07) is 7.28. The molecule has 0 heterocycles. The number of amides is 1. The highest BCUT2D eigenvalue weighted by Gasteiger charge is 2.12. The molecule has 4 heteroatoms. The van der Waals surface area contributed by atoms with Gasteiger partial charge in [0.25, 0.3) is 5.91 Å². The Kier molecular flexibility index (Phi) is 6.05. The average molecular weight is 300 g/mol. The van der Waals surface area contributed by atoms with Crippen LogP contribution in [0.25, 0.3) is 0 Å². The van der Waals surface area contributed by atoms with Gasteiger partial charge in [-0.05, 0) is 38.1 Å². The maximum absolute atomic E-state index is 12.1. The van der Waals surface area contributed by atoms with Crippen molar-refractivity contribution in [1.82, 2.24) is 4.90 Å². The summed E-state index contributed by atoms with van der Waals surface area (Å²) in [5, 5.41) is 0.795. The minimum Gasteiger partial charge on any atom is -0.494 e. The predicted octanol–water partition coefficient (Wildman–Crippen LogP) is 2.94. The number of rotatable bonds is 6. The Morgan fingerprint density at radius 3 is 2.41 bits per heavy atom. The van der Waals surface area contributed by atoms with Crippen LogP contribution in [0.3, 0.4) is 0 Å². The molecule has 0 unspecified atom stereocenters. The van der Waals surface area contributed by atoms with E-state index in [-0.39, 0.29) is 5.91 Å². The van der Waals surface area contributed by atoms with Crippen LogP contribution < -0.4 is 4.74 Å². The molecule has 0 atom stereocenters. The van der Waals surface area contributed by atoms with Crippen molar-refractivity contribution in [2.75, 3.05) is 25.0 Å². The summed E-state index contributed by atoms with van der Waals surface area (Å²) in [5.41, 5.74) is 0.705. The van der Waals surface area contributed by atoms with Crippen LogP contribution in [0.15, 0.2) is 24.3 Å². The van der Waals surface area contributed by atoms with Gasteiger partial charge in [-0.3, -0.25) is 4.79 Å². The molecule has 0 bridgehead atoms. The Labute approximate surface area is 111 Å². The lowest BCUT2D eigenvalue weighted by molar-refractivity contribution is 0.0775. The number of hydrogen-bond acceptors (Lipinski definition) is 2. The van der Waals surface area contributed by atoms with Crippen LogP contribution in [0.5, 0.6) is 5.75 Å². The fraction of sp³-hybridized carbons (Fsp3) is 0.462. The van der Waals surface area contributed by atoms with Gasteiger partial charge >= 0.3 is 0 Å². The normalized spacial score (nSPS) is 10.1. The maximum atomic E-state index is 12.1. The Balaban J connectivity index is 2.74. The lowest BCUT2D eigenvalue weighted by atomic mass is 10.2. The molecular weight excluding hydrogens is 282 g/mol. The summed E-state index contributed by atoms with van der Waals surface area (Å²) in [6.45, 7) is 6.00. The van der Waals surface area contributed by atoms with Gasteiger partial charge in [-0.1, -0.05) is 15.9 Å². The van der Waals surface area contributed by atoms with Crippen molar-refractivity contribution >= 4 is 21.8 Å². The first kappa shape index (κ1) is 14.0. The highest BCUT2D eigenvalue weighted by Crippen LogP contribution is 2.13. The summed E-state index contributed by atoms with van der Waals surface area (Å²) in [6.07, 6.45) is 0. The molecule has 0 saturated carbocycles. The smallest absolute Gasteiger partial charge is 0.253 e. The molecule has 1 rings (SSSR count). The summed E-state index contributed by atoms with van der Waals surface area (Å²) in [5.74, 6) is 0.864. The van der Waals surface area contributed by atoms with Crippen molar-refractivity contribution < 1.29 is 9.53 Å². The van der Waals surface area contributed by atoms with E-state index in [4.69, 9.17) is 4.74 Å². The molecule has 94 valence electrons.